The number of hydrogen-bond acceptors (Lipinski definition) is 2. The third-order valence-corrected chi connectivity index (χ3v) is 13.2. The lowest BCUT2D eigenvalue weighted by Crippen LogP contribution is -2.60. The van der Waals surface area contributed by atoms with Crippen LogP contribution in [0.4, 0.5) is 34.1 Å². The summed E-state index contributed by atoms with van der Waals surface area (Å²) in [6, 6.07) is 73.6. The summed E-state index contributed by atoms with van der Waals surface area (Å²) in [6.45, 7) is 4.57. The molecule has 2 aliphatic rings. The van der Waals surface area contributed by atoms with E-state index in [9.17, 15) is 0 Å². The highest BCUT2D eigenvalue weighted by Gasteiger charge is 2.43. The molecular weight excluding hydrogens is 739 g/mol. The van der Waals surface area contributed by atoms with Crippen LogP contribution in [0, 0.1) is 13.8 Å². The molecule has 11 aromatic rings. The number of benzene rings is 9. The molecule has 0 atom stereocenters. The molecule has 2 aromatic heterocycles. The number of para-hydroxylation sites is 4. The summed E-state index contributed by atoms with van der Waals surface area (Å²) in [5.74, 6) is 0. The Morgan fingerprint density at radius 2 is 0.902 bits per heavy atom. The number of aromatic nitrogens is 2. The quantitative estimate of drug-likeness (QED) is 0.156. The predicted octanol–water partition coefficient (Wildman–Crippen LogP) is 12.6. The topological polar surface area (TPSA) is 16.3 Å². The maximum atomic E-state index is 2.59. The second-order valence-electron chi connectivity index (χ2n) is 16.6. The molecule has 0 radical (unpaired) electrons. The smallest absolute Gasteiger partial charge is 0.253 e. The van der Waals surface area contributed by atoms with E-state index >= 15 is 0 Å². The number of fused-ring (bicyclic) bond motifs is 8. The van der Waals surface area contributed by atoms with E-state index in [0.29, 0.717) is 0 Å². The van der Waals surface area contributed by atoms with Crippen LogP contribution in [0.1, 0.15) is 11.4 Å². The van der Waals surface area contributed by atoms with Gasteiger partial charge in [-0.25, -0.2) is 0 Å². The van der Waals surface area contributed by atoms with Crippen LogP contribution in [-0.2, 0) is 0 Å². The minimum Gasteiger partial charge on any atom is -0.315 e. The maximum absolute atomic E-state index is 2.59. The van der Waals surface area contributed by atoms with Gasteiger partial charge in [-0.15, -0.1) is 0 Å². The van der Waals surface area contributed by atoms with Gasteiger partial charge < -0.3 is 18.9 Å². The SMILES string of the molecule is Cc1cc2c(N(c3ccccc3)c3ccccc3)c3ccccc3c3c2n1-c1cc2ccccc2c2c1B3c1ccc(N(c3ccccc3)c3ccccc3)c3cc(C)n-2c13. The Labute approximate surface area is 354 Å². The van der Waals surface area contributed by atoms with Crippen molar-refractivity contribution in [3.05, 3.63) is 212 Å². The summed E-state index contributed by atoms with van der Waals surface area (Å²) in [5, 5.41) is 7.53. The van der Waals surface area contributed by atoms with E-state index in [4.69, 9.17) is 0 Å². The van der Waals surface area contributed by atoms with Crippen molar-refractivity contribution in [3.8, 4) is 11.4 Å². The lowest BCUT2D eigenvalue weighted by Gasteiger charge is -2.37. The molecule has 5 heteroatoms. The Bertz CT molecular complexity index is 3480. The zero-order chi connectivity index (χ0) is 40.3. The highest BCUT2D eigenvalue weighted by molar-refractivity contribution is 7.01. The first-order valence-electron chi connectivity index (χ1n) is 21.2. The van der Waals surface area contributed by atoms with Gasteiger partial charge in [0, 0.05) is 61.4 Å². The molecule has 61 heavy (non-hydrogen) atoms. The van der Waals surface area contributed by atoms with Gasteiger partial charge in [0.15, 0.2) is 0 Å². The molecule has 0 bridgehead atoms. The highest BCUT2D eigenvalue weighted by Crippen LogP contribution is 2.48. The van der Waals surface area contributed by atoms with E-state index in [1.165, 1.54) is 93.9 Å². The summed E-state index contributed by atoms with van der Waals surface area (Å²) in [6.07, 6.45) is 0. The van der Waals surface area contributed by atoms with Gasteiger partial charge in [-0.1, -0.05) is 127 Å². The third-order valence-electron chi connectivity index (χ3n) is 13.2. The van der Waals surface area contributed by atoms with E-state index in [-0.39, 0.29) is 6.71 Å². The van der Waals surface area contributed by atoms with E-state index in [2.05, 4.69) is 233 Å². The van der Waals surface area contributed by atoms with Crippen LogP contribution < -0.4 is 26.2 Å². The molecule has 4 nitrogen and oxygen atoms in total. The van der Waals surface area contributed by atoms with Gasteiger partial charge in [0.1, 0.15) is 0 Å². The first-order chi connectivity index (χ1) is 30.2. The van der Waals surface area contributed by atoms with Gasteiger partial charge in [-0.05, 0) is 114 Å². The van der Waals surface area contributed by atoms with Crippen molar-refractivity contribution in [2.45, 2.75) is 13.8 Å². The first kappa shape index (κ1) is 34.1. The average molecular weight is 779 g/mol. The van der Waals surface area contributed by atoms with E-state index in [1.807, 2.05) is 0 Å². The minimum atomic E-state index is -0.0139. The van der Waals surface area contributed by atoms with Crippen molar-refractivity contribution >= 4 is 101 Å². The van der Waals surface area contributed by atoms with Crippen molar-refractivity contribution in [2.24, 2.45) is 0 Å². The van der Waals surface area contributed by atoms with Gasteiger partial charge in [0.2, 0.25) is 0 Å². The summed E-state index contributed by atoms with van der Waals surface area (Å²) in [7, 11) is 0. The molecular formula is C56H39BN4. The molecule has 0 fully saturated rings. The van der Waals surface area contributed by atoms with Crippen LogP contribution in [0.25, 0.3) is 54.7 Å². The van der Waals surface area contributed by atoms with Gasteiger partial charge >= 0.3 is 0 Å². The number of hydrogen-bond donors (Lipinski definition) is 0. The number of rotatable bonds is 6. The van der Waals surface area contributed by atoms with Crippen molar-refractivity contribution in [3.63, 3.8) is 0 Å². The summed E-state index contributed by atoms with van der Waals surface area (Å²) < 4.78 is 5.17. The number of aryl methyl sites for hydroxylation is 2. The van der Waals surface area contributed by atoms with Crippen LogP contribution >= 0.6 is 0 Å². The lowest BCUT2D eigenvalue weighted by atomic mass is 9.33. The highest BCUT2D eigenvalue weighted by atomic mass is 15.2. The minimum absolute atomic E-state index is 0.0139. The molecule has 4 heterocycles. The largest absolute Gasteiger partial charge is 0.315 e. The molecule has 2 aliphatic heterocycles. The van der Waals surface area contributed by atoms with Crippen LogP contribution in [0.2, 0.25) is 0 Å². The zero-order valence-electron chi connectivity index (χ0n) is 33.9. The van der Waals surface area contributed by atoms with Crippen molar-refractivity contribution in [1.29, 1.82) is 0 Å². The molecule has 0 saturated carbocycles. The third kappa shape index (κ3) is 4.72. The predicted molar refractivity (Wildman–Crippen MR) is 259 cm³/mol. The Balaban J connectivity index is 1.19. The molecule has 0 unspecified atom stereocenters. The number of nitrogens with zero attached hydrogens (tertiary/aromatic N) is 4. The molecule has 0 spiro atoms. The Kier molecular flexibility index (Phi) is 7.20. The monoisotopic (exact) mass is 778 g/mol. The van der Waals surface area contributed by atoms with Gasteiger partial charge in [0.25, 0.3) is 6.71 Å². The van der Waals surface area contributed by atoms with Crippen molar-refractivity contribution in [2.75, 3.05) is 9.80 Å². The van der Waals surface area contributed by atoms with E-state index in [0.717, 1.165) is 22.7 Å². The van der Waals surface area contributed by atoms with Crippen LogP contribution in [0.3, 0.4) is 0 Å². The van der Waals surface area contributed by atoms with Gasteiger partial charge in [-0.3, -0.25) is 0 Å². The van der Waals surface area contributed by atoms with Crippen LogP contribution in [-0.4, -0.2) is 15.8 Å². The fourth-order valence-electron chi connectivity index (χ4n) is 10.9. The molecule has 0 saturated heterocycles. The van der Waals surface area contributed by atoms with E-state index in [1.54, 1.807) is 0 Å². The number of anilines is 6. The second-order valence-corrected chi connectivity index (χ2v) is 16.6. The van der Waals surface area contributed by atoms with Gasteiger partial charge in [-0.2, -0.15) is 0 Å². The molecule has 9 aromatic carbocycles. The summed E-state index contributed by atoms with van der Waals surface area (Å²) >= 11 is 0. The Morgan fingerprint density at radius 1 is 0.393 bits per heavy atom. The molecule has 286 valence electrons. The lowest BCUT2D eigenvalue weighted by molar-refractivity contribution is 1.04. The molecule has 0 N–H and O–H groups in total. The maximum Gasteiger partial charge on any atom is 0.253 e. The summed E-state index contributed by atoms with van der Waals surface area (Å²) in [4.78, 5) is 4.89. The fraction of sp³-hybridized carbons (Fsp3) is 0.0357. The van der Waals surface area contributed by atoms with Crippen molar-refractivity contribution < 1.29 is 0 Å². The van der Waals surface area contributed by atoms with Crippen LogP contribution in [0.5, 0.6) is 0 Å². The normalized spacial score (nSPS) is 12.4. The molecule has 13 rings (SSSR count). The Hall–Kier alpha value is -7.76. The molecule has 0 amide bonds. The standard InChI is InChI=1S/C56H39BN4/c1-36-34-47-53(61(41-24-11-5-12-25-41)42-26-13-6-14-27-42)45-30-18-17-29-44(45)51-56(47)58(36)50-35-38-19-15-16-28-43(38)55-52(50)57(51)48-31-32-49(46-33-37(2)59(55)54(46)48)60(39-20-7-3-8-21-39)40-22-9-4-10-23-40/h3-35H,1-2H3. The van der Waals surface area contributed by atoms with E-state index < -0.39 is 0 Å². The van der Waals surface area contributed by atoms with Crippen LogP contribution in [0.15, 0.2) is 200 Å². The molecule has 0 aliphatic carbocycles. The zero-order valence-corrected chi connectivity index (χ0v) is 33.9. The van der Waals surface area contributed by atoms with Crippen molar-refractivity contribution in [1.82, 2.24) is 9.13 Å². The first-order valence-corrected chi connectivity index (χ1v) is 21.2. The van der Waals surface area contributed by atoms with Gasteiger partial charge in [0.05, 0.1) is 28.1 Å². The second kappa shape index (κ2) is 12.9. The summed E-state index contributed by atoms with van der Waals surface area (Å²) in [5.41, 5.74) is 18.5. The Morgan fingerprint density at radius 3 is 1.52 bits per heavy atom. The average Bonchev–Trinajstić information content (AvgIpc) is 3.85. The fourth-order valence-corrected chi connectivity index (χ4v) is 10.9.